The van der Waals surface area contributed by atoms with E-state index in [0.717, 1.165) is 12.3 Å². The van der Waals surface area contributed by atoms with E-state index in [4.69, 9.17) is 11.6 Å². The van der Waals surface area contributed by atoms with Crippen molar-refractivity contribution in [3.05, 3.63) is 88.8 Å². The van der Waals surface area contributed by atoms with Crippen LogP contribution in [-0.4, -0.2) is 26.0 Å². The van der Waals surface area contributed by atoms with Crippen LogP contribution < -0.4 is 0 Å². The summed E-state index contributed by atoms with van der Waals surface area (Å²) in [6.07, 6.45) is -8.76. The molecule has 12 heteroatoms. The molecule has 0 fully saturated rings. The third kappa shape index (κ3) is 5.30. The fraction of sp³-hybridized carbons (Fsp3) is 0.0833. The molecule has 2 aromatic carbocycles. The monoisotopic (exact) mass is 523 g/mol. The maximum Gasteiger partial charge on any atom is 0.433 e. The summed E-state index contributed by atoms with van der Waals surface area (Å²) in [5.74, 6) is -1.53. The molecule has 4 rings (SSSR count). The average molecular weight is 524 g/mol. The molecule has 0 spiro atoms. The number of carboxylic acids is 1. The summed E-state index contributed by atoms with van der Waals surface area (Å²) in [6, 6.07) is 12.6. The number of rotatable bonds is 4. The van der Waals surface area contributed by atoms with E-state index >= 15 is 0 Å². The fourth-order valence-corrected chi connectivity index (χ4v) is 3.46. The van der Waals surface area contributed by atoms with Crippen molar-refractivity contribution >= 4 is 17.6 Å². The van der Waals surface area contributed by atoms with Gasteiger partial charge in [-0.05, 0) is 41.5 Å². The first-order valence-corrected chi connectivity index (χ1v) is 10.3. The zero-order chi connectivity index (χ0) is 26.3. The minimum Gasteiger partial charge on any atom is -0.478 e. The van der Waals surface area contributed by atoms with E-state index in [9.17, 15) is 36.2 Å². The van der Waals surface area contributed by atoms with Crippen LogP contribution in [0.15, 0.2) is 66.9 Å². The highest BCUT2D eigenvalue weighted by Crippen LogP contribution is 2.34. The quantitative estimate of drug-likeness (QED) is 0.285. The Labute approximate surface area is 204 Å². The van der Waals surface area contributed by atoms with Crippen molar-refractivity contribution in [2.24, 2.45) is 0 Å². The second-order valence-electron chi connectivity index (χ2n) is 7.47. The number of alkyl halides is 6. The molecule has 0 amide bonds. The lowest BCUT2D eigenvalue weighted by molar-refractivity contribution is -0.141. The van der Waals surface area contributed by atoms with Gasteiger partial charge in [-0.3, -0.25) is 4.98 Å². The third-order valence-corrected chi connectivity index (χ3v) is 5.37. The van der Waals surface area contributed by atoms with Crippen LogP contribution in [0.2, 0.25) is 5.02 Å². The van der Waals surface area contributed by atoms with Crippen LogP contribution in [0.1, 0.15) is 21.7 Å². The van der Waals surface area contributed by atoms with Crippen molar-refractivity contribution < 1.29 is 36.2 Å². The summed E-state index contributed by atoms with van der Waals surface area (Å²) in [5, 5.41) is 9.29. The lowest BCUT2D eigenvalue weighted by Gasteiger charge is -2.12. The van der Waals surface area contributed by atoms with Gasteiger partial charge in [0.2, 0.25) is 0 Å². The Hall–Kier alpha value is -3.99. The van der Waals surface area contributed by atoms with E-state index in [2.05, 4.69) is 15.0 Å². The minimum atomic E-state index is -4.84. The standard InChI is InChI=1S/C24H12ClF6N3O2/c25-17-7-5-14(9-16(17)22(35)36)12-1-3-13(4-2-12)21-33-18(10-20(34-21)24(29,30)31)15-6-8-19(32-11-15)23(26,27)28/h1-11H,(H,35,36). The minimum absolute atomic E-state index is 0.0468. The molecule has 5 nitrogen and oxygen atoms in total. The molecule has 0 saturated carbocycles. The first kappa shape index (κ1) is 25.1. The van der Waals surface area contributed by atoms with Crippen LogP contribution in [-0.2, 0) is 12.4 Å². The van der Waals surface area contributed by atoms with Crippen molar-refractivity contribution in [2.75, 3.05) is 0 Å². The molecule has 0 unspecified atom stereocenters. The van der Waals surface area contributed by atoms with Crippen LogP contribution in [0.25, 0.3) is 33.8 Å². The molecule has 0 aliphatic rings. The average Bonchev–Trinajstić information content (AvgIpc) is 2.83. The van der Waals surface area contributed by atoms with Gasteiger partial charge in [-0.2, -0.15) is 26.3 Å². The van der Waals surface area contributed by atoms with Gasteiger partial charge in [0, 0.05) is 17.3 Å². The topological polar surface area (TPSA) is 76.0 Å². The summed E-state index contributed by atoms with van der Waals surface area (Å²) in [6.45, 7) is 0. The Morgan fingerprint density at radius 3 is 1.86 bits per heavy atom. The number of aromatic nitrogens is 3. The largest absolute Gasteiger partial charge is 0.478 e. The molecule has 4 aromatic rings. The molecule has 0 radical (unpaired) electrons. The van der Waals surface area contributed by atoms with Crippen LogP contribution >= 0.6 is 11.6 Å². The number of aromatic carboxylic acids is 1. The number of benzene rings is 2. The second kappa shape index (κ2) is 9.23. The summed E-state index contributed by atoms with van der Waals surface area (Å²) in [4.78, 5) is 22.3. The number of hydrogen-bond acceptors (Lipinski definition) is 4. The molecule has 0 atom stereocenters. The van der Waals surface area contributed by atoms with E-state index in [1.165, 1.54) is 36.4 Å². The van der Waals surface area contributed by atoms with E-state index in [1.54, 1.807) is 6.07 Å². The Bertz CT molecular complexity index is 1440. The number of carbonyl (C=O) groups is 1. The normalized spacial score (nSPS) is 12.0. The lowest BCUT2D eigenvalue weighted by Crippen LogP contribution is -2.11. The van der Waals surface area contributed by atoms with Gasteiger partial charge < -0.3 is 5.11 Å². The number of halogens is 7. The zero-order valence-electron chi connectivity index (χ0n) is 17.7. The summed E-state index contributed by atoms with van der Waals surface area (Å²) < 4.78 is 78.9. The van der Waals surface area contributed by atoms with Gasteiger partial charge in [0.05, 0.1) is 16.3 Å². The van der Waals surface area contributed by atoms with Gasteiger partial charge >= 0.3 is 18.3 Å². The number of carboxylic acid groups (broad SMARTS) is 1. The van der Waals surface area contributed by atoms with Gasteiger partial charge in [-0.25, -0.2) is 14.8 Å². The van der Waals surface area contributed by atoms with Crippen LogP contribution in [0.5, 0.6) is 0 Å². The lowest BCUT2D eigenvalue weighted by atomic mass is 10.0. The van der Waals surface area contributed by atoms with E-state index in [-0.39, 0.29) is 33.2 Å². The number of pyridine rings is 1. The summed E-state index contributed by atoms with van der Waals surface area (Å²) in [5.41, 5.74) is -1.66. The molecular formula is C24H12ClF6N3O2. The molecule has 2 heterocycles. The molecule has 0 bridgehead atoms. The third-order valence-electron chi connectivity index (χ3n) is 5.04. The first-order chi connectivity index (χ1) is 16.8. The van der Waals surface area contributed by atoms with E-state index < -0.39 is 29.7 Å². The number of nitrogens with zero attached hydrogens (tertiary/aromatic N) is 3. The van der Waals surface area contributed by atoms with Crippen molar-refractivity contribution in [1.82, 2.24) is 15.0 Å². The SMILES string of the molecule is O=C(O)c1cc(-c2ccc(-c3nc(-c4ccc(C(F)(F)F)nc4)cc(C(F)(F)F)n3)cc2)ccc1Cl. The van der Waals surface area contributed by atoms with E-state index in [1.807, 2.05) is 0 Å². The van der Waals surface area contributed by atoms with Gasteiger partial charge in [0.1, 0.15) is 11.4 Å². The molecule has 0 aliphatic heterocycles. The fourth-order valence-electron chi connectivity index (χ4n) is 3.26. The van der Waals surface area contributed by atoms with Crippen molar-refractivity contribution in [2.45, 2.75) is 12.4 Å². The molecular weight excluding hydrogens is 512 g/mol. The van der Waals surface area contributed by atoms with Gasteiger partial charge in [-0.15, -0.1) is 0 Å². The van der Waals surface area contributed by atoms with Crippen molar-refractivity contribution in [3.63, 3.8) is 0 Å². The highest BCUT2D eigenvalue weighted by molar-refractivity contribution is 6.33. The van der Waals surface area contributed by atoms with Gasteiger partial charge in [0.25, 0.3) is 0 Å². The molecule has 0 saturated heterocycles. The number of hydrogen-bond donors (Lipinski definition) is 1. The maximum absolute atomic E-state index is 13.5. The second-order valence-corrected chi connectivity index (χ2v) is 7.87. The molecule has 184 valence electrons. The van der Waals surface area contributed by atoms with Crippen LogP contribution in [0.4, 0.5) is 26.3 Å². The Morgan fingerprint density at radius 2 is 1.31 bits per heavy atom. The van der Waals surface area contributed by atoms with Crippen LogP contribution in [0, 0.1) is 0 Å². The Morgan fingerprint density at radius 1 is 0.722 bits per heavy atom. The van der Waals surface area contributed by atoms with Crippen molar-refractivity contribution in [3.8, 4) is 33.8 Å². The predicted molar refractivity (Wildman–Crippen MR) is 118 cm³/mol. The molecule has 2 aromatic heterocycles. The molecule has 36 heavy (non-hydrogen) atoms. The summed E-state index contributed by atoms with van der Waals surface area (Å²) >= 11 is 5.88. The van der Waals surface area contributed by atoms with Gasteiger partial charge in [-0.1, -0.05) is 41.9 Å². The zero-order valence-corrected chi connectivity index (χ0v) is 18.4. The first-order valence-electron chi connectivity index (χ1n) is 9.96. The Balaban J connectivity index is 1.75. The predicted octanol–water partition coefficient (Wildman–Crippen LogP) is 7.26. The molecule has 1 N–H and O–H groups in total. The van der Waals surface area contributed by atoms with Crippen molar-refractivity contribution in [1.29, 1.82) is 0 Å². The highest BCUT2D eigenvalue weighted by atomic mass is 35.5. The van der Waals surface area contributed by atoms with Crippen LogP contribution in [0.3, 0.4) is 0 Å². The van der Waals surface area contributed by atoms with E-state index in [0.29, 0.717) is 23.3 Å². The smallest absolute Gasteiger partial charge is 0.433 e. The highest BCUT2D eigenvalue weighted by Gasteiger charge is 2.35. The Kier molecular flexibility index (Phi) is 6.44. The maximum atomic E-state index is 13.5. The summed E-state index contributed by atoms with van der Waals surface area (Å²) in [7, 11) is 0. The molecule has 0 aliphatic carbocycles. The van der Waals surface area contributed by atoms with Gasteiger partial charge in [0.15, 0.2) is 5.82 Å².